The first-order chi connectivity index (χ1) is 13.5. The summed E-state index contributed by atoms with van der Waals surface area (Å²) in [6.07, 6.45) is 5.82. The van der Waals surface area contributed by atoms with Crippen LogP contribution in [-0.4, -0.2) is 52.7 Å². The molecule has 0 radical (unpaired) electrons. The number of carbonyl (C=O) groups is 2. The quantitative estimate of drug-likeness (QED) is 0.591. The van der Waals surface area contributed by atoms with E-state index in [-0.39, 0.29) is 24.5 Å². The van der Waals surface area contributed by atoms with Crippen LogP contribution in [0.2, 0.25) is 0 Å². The van der Waals surface area contributed by atoms with Crippen LogP contribution in [0.15, 0.2) is 36.2 Å². The Morgan fingerprint density at radius 2 is 2.25 bits per heavy atom. The van der Waals surface area contributed by atoms with Crippen molar-refractivity contribution in [3.63, 3.8) is 0 Å². The summed E-state index contributed by atoms with van der Waals surface area (Å²) in [6, 6.07) is 7.81. The van der Waals surface area contributed by atoms with Gasteiger partial charge in [-0.3, -0.25) is 14.5 Å². The number of benzene rings is 1. The fourth-order valence-electron chi connectivity index (χ4n) is 3.54. The summed E-state index contributed by atoms with van der Waals surface area (Å²) in [6.45, 7) is 1.51. The van der Waals surface area contributed by atoms with Gasteiger partial charge in [0.2, 0.25) is 5.91 Å². The molecule has 1 aromatic carbocycles. The number of para-hydroxylation sites is 1. The normalized spacial score (nSPS) is 21.0. The molecule has 1 atom stereocenters. The van der Waals surface area contributed by atoms with Gasteiger partial charge >= 0.3 is 0 Å². The van der Waals surface area contributed by atoms with E-state index < -0.39 is 0 Å². The molecule has 2 amide bonds. The highest BCUT2D eigenvalue weighted by atomic mass is 32.1. The van der Waals surface area contributed by atoms with Crippen molar-refractivity contribution in [1.82, 2.24) is 20.1 Å². The van der Waals surface area contributed by atoms with Gasteiger partial charge in [0.05, 0.1) is 6.10 Å². The first-order valence-corrected chi connectivity index (χ1v) is 9.70. The van der Waals surface area contributed by atoms with Gasteiger partial charge in [0, 0.05) is 42.9 Å². The highest BCUT2D eigenvalue weighted by molar-refractivity contribution is 7.80. The van der Waals surface area contributed by atoms with Crippen LogP contribution in [0.3, 0.4) is 0 Å². The van der Waals surface area contributed by atoms with Crippen molar-refractivity contribution in [1.29, 1.82) is 0 Å². The van der Waals surface area contributed by atoms with E-state index in [0.29, 0.717) is 17.4 Å². The van der Waals surface area contributed by atoms with Crippen LogP contribution in [0.1, 0.15) is 18.4 Å². The summed E-state index contributed by atoms with van der Waals surface area (Å²) in [7, 11) is 1.64. The van der Waals surface area contributed by atoms with Gasteiger partial charge in [0.15, 0.2) is 5.11 Å². The second kappa shape index (κ2) is 7.73. The van der Waals surface area contributed by atoms with Crippen molar-refractivity contribution in [2.24, 2.45) is 0 Å². The summed E-state index contributed by atoms with van der Waals surface area (Å²) in [4.78, 5) is 26.1. The SMILES string of the molecule is CN1C(=O)C(=Cc2cn(CC(=O)NCC3CCCO3)c3ccccc23)NC1=S. The fourth-order valence-corrected chi connectivity index (χ4v) is 3.74. The van der Waals surface area contributed by atoms with Crippen molar-refractivity contribution in [2.75, 3.05) is 20.2 Å². The van der Waals surface area contributed by atoms with E-state index in [1.165, 1.54) is 4.90 Å². The molecule has 3 heterocycles. The Balaban J connectivity index is 1.55. The Morgan fingerprint density at radius 1 is 1.43 bits per heavy atom. The number of nitrogens with zero attached hydrogens (tertiary/aromatic N) is 2. The molecular weight excluding hydrogens is 376 g/mol. The minimum Gasteiger partial charge on any atom is -0.376 e. The third-order valence-corrected chi connectivity index (χ3v) is 5.44. The van der Waals surface area contributed by atoms with Crippen LogP contribution in [0.5, 0.6) is 0 Å². The number of hydrogen-bond acceptors (Lipinski definition) is 4. The molecule has 2 saturated heterocycles. The van der Waals surface area contributed by atoms with E-state index in [4.69, 9.17) is 17.0 Å². The highest BCUT2D eigenvalue weighted by Crippen LogP contribution is 2.24. The summed E-state index contributed by atoms with van der Waals surface area (Å²) in [5, 5.41) is 7.24. The Hall–Kier alpha value is -2.71. The lowest BCUT2D eigenvalue weighted by Crippen LogP contribution is -2.34. The van der Waals surface area contributed by atoms with Crippen LogP contribution in [0.25, 0.3) is 17.0 Å². The average Bonchev–Trinajstić information content (AvgIpc) is 3.38. The predicted molar refractivity (Wildman–Crippen MR) is 110 cm³/mol. The number of aromatic nitrogens is 1. The van der Waals surface area contributed by atoms with Crippen molar-refractivity contribution in [3.05, 3.63) is 41.7 Å². The van der Waals surface area contributed by atoms with E-state index in [1.807, 2.05) is 35.0 Å². The minimum absolute atomic E-state index is 0.0635. The molecule has 2 aliphatic heterocycles. The molecular formula is C20H22N4O3S. The van der Waals surface area contributed by atoms with Crippen molar-refractivity contribution in [2.45, 2.75) is 25.5 Å². The average molecular weight is 398 g/mol. The Bertz CT molecular complexity index is 975. The lowest BCUT2D eigenvalue weighted by molar-refractivity contribution is -0.122. The summed E-state index contributed by atoms with van der Waals surface area (Å²) in [5.41, 5.74) is 2.22. The molecule has 0 spiro atoms. The lowest BCUT2D eigenvalue weighted by Gasteiger charge is -2.11. The molecule has 2 aromatic rings. The number of amides is 2. The molecule has 2 N–H and O–H groups in total. The molecule has 1 aromatic heterocycles. The molecule has 0 bridgehead atoms. The first kappa shape index (κ1) is 18.6. The number of likely N-dealkylation sites (N-methyl/N-ethyl adjacent to an activating group) is 1. The molecule has 1 unspecified atom stereocenters. The van der Waals surface area contributed by atoms with Gasteiger partial charge in [-0.05, 0) is 37.2 Å². The molecule has 28 heavy (non-hydrogen) atoms. The second-order valence-corrected chi connectivity index (χ2v) is 7.41. The largest absolute Gasteiger partial charge is 0.376 e. The Labute approximate surface area is 168 Å². The van der Waals surface area contributed by atoms with Crippen LogP contribution in [0.4, 0.5) is 0 Å². The molecule has 2 fully saturated rings. The second-order valence-electron chi connectivity index (χ2n) is 7.02. The van der Waals surface area contributed by atoms with Gasteiger partial charge in [0.25, 0.3) is 5.91 Å². The van der Waals surface area contributed by atoms with Gasteiger partial charge in [-0.1, -0.05) is 18.2 Å². The maximum atomic E-state index is 12.4. The van der Waals surface area contributed by atoms with Gasteiger partial charge in [0.1, 0.15) is 12.2 Å². The molecule has 7 nitrogen and oxygen atoms in total. The number of ether oxygens (including phenoxy) is 1. The summed E-state index contributed by atoms with van der Waals surface area (Å²) < 4.78 is 7.44. The van der Waals surface area contributed by atoms with Gasteiger partial charge in [-0.25, -0.2) is 0 Å². The summed E-state index contributed by atoms with van der Waals surface area (Å²) >= 11 is 5.13. The van der Waals surface area contributed by atoms with E-state index >= 15 is 0 Å². The number of thiocarbonyl (C=S) groups is 1. The van der Waals surface area contributed by atoms with E-state index in [9.17, 15) is 9.59 Å². The monoisotopic (exact) mass is 398 g/mol. The lowest BCUT2D eigenvalue weighted by atomic mass is 10.1. The predicted octanol–water partition coefficient (Wildman–Crippen LogP) is 1.62. The Kier molecular flexibility index (Phi) is 5.15. The van der Waals surface area contributed by atoms with Gasteiger partial charge < -0.3 is 19.9 Å². The zero-order chi connectivity index (χ0) is 19.7. The topological polar surface area (TPSA) is 75.6 Å². The highest BCUT2D eigenvalue weighted by Gasteiger charge is 2.27. The van der Waals surface area contributed by atoms with Gasteiger partial charge in [-0.15, -0.1) is 0 Å². The first-order valence-electron chi connectivity index (χ1n) is 9.30. The Morgan fingerprint density at radius 3 is 2.96 bits per heavy atom. The number of nitrogens with one attached hydrogen (secondary N) is 2. The fraction of sp³-hybridized carbons (Fsp3) is 0.350. The smallest absolute Gasteiger partial charge is 0.276 e. The molecule has 8 heteroatoms. The zero-order valence-electron chi connectivity index (χ0n) is 15.6. The van der Waals surface area contributed by atoms with Gasteiger partial charge in [-0.2, -0.15) is 0 Å². The molecule has 4 rings (SSSR count). The van der Waals surface area contributed by atoms with E-state index in [2.05, 4.69) is 10.6 Å². The van der Waals surface area contributed by atoms with Crippen LogP contribution >= 0.6 is 12.2 Å². The number of rotatable bonds is 5. The van der Waals surface area contributed by atoms with Crippen LogP contribution in [0, 0.1) is 0 Å². The van der Waals surface area contributed by atoms with Crippen LogP contribution in [-0.2, 0) is 20.9 Å². The van der Waals surface area contributed by atoms with Crippen LogP contribution < -0.4 is 10.6 Å². The molecule has 0 saturated carbocycles. The number of fused-ring (bicyclic) bond motifs is 1. The number of hydrogen-bond donors (Lipinski definition) is 2. The maximum absolute atomic E-state index is 12.4. The standard InChI is InChI=1S/C20H22N4O3S/c1-23-19(26)16(22-20(23)28)9-13-11-24(17-7-3-2-6-15(13)17)12-18(25)21-10-14-5-4-8-27-14/h2-3,6-7,9,11,14H,4-5,8,10,12H2,1H3,(H,21,25)(H,22,28). The van der Waals surface area contributed by atoms with Crippen molar-refractivity contribution in [3.8, 4) is 0 Å². The molecule has 2 aliphatic rings. The maximum Gasteiger partial charge on any atom is 0.276 e. The number of carbonyl (C=O) groups excluding carboxylic acids is 2. The molecule has 0 aliphatic carbocycles. The minimum atomic E-state index is -0.170. The van der Waals surface area contributed by atoms with Crippen molar-refractivity contribution >= 4 is 46.1 Å². The third kappa shape index (κ3) is 3.65. The van der Waals surface area contributed by atoms with E-state index in [1.54, 1.807) is 13.1 Å². The van der Waals surface area contributed by atoms with Crippen molar-refractivity contribution < 1.29 is 14.3 Å². The summed E-state index contributed by atoms with van der Waals surface area (Å²) in [5.74, 6) is -0.234. The van der Waals surface area contributed by atoms with E-state index in [0.717, 1.165) is 35.9 Å². The zero-order valence-corrected chi connectivity index (χ0v) is 16.4. The molecule has 146 valence electrons. The third-order valence-electron chi connectivity index (χ3n) is 5.07.